The second-order valence-electron chi connectivity index (χ2n) is 7.99. The number of amides is 2. The standard InChI is InChI=1S/C24H19BrCl3N3O6S3/c25-10-15(32)19(22(35)37-12-24(26,27)28)31-20(34)18(30-17(33)11-36-13-6-2-1-3-7-13)21(31)39-40-23-29-14-8-4-5-9-16(14)38-23/h1-9,18,21,32H,10-12H2,(H,30,33)/b19-15-. The van der Waals surface area contributed by atoms with E-state index >= 15 is 0 Å². The number of rotatable bonds is 11. The quantitative estimate of drug-likeness (QED) is 0.0627. The summed E-state index contributed by atoms with van der Waals surface area (Å²) in [7, 11) is 2.43. The molecule has 2 atom stereocenters. The summed E-state index contributed by atoms with van der Waals surface area (Å²) in [6, 6.07) is 15.3. The second-order valence-corrected chi connectivity index (χ2v) is 14.7. The van der Waals surface area contributed by atoms with Gasteiger partial charge in [-0.15, -0.1) is 11.3 Å². The number of likely N-dealkylation sites (tertiary alicyclic amines) is 1. The molecule has 0 bridgehead atoms. The Morgan fingerprint density at radius 1 is 1.15 bits per heavy atom. The van der Waals surface area contributed by atoms with Crippen LogP contribution in [0.25, 0.3) is 10.2 Å². The third-order valence-electron chi connectivity index (χ3n) is 5.17. The number of carbonyl (C=O) groups is 3. The number of aliphatic hydroxyl groups is 1. The highest BCUT2D eigenvalue weighted by Gasteiger charge is 2.53. The predicted octanol–water partition coefficient (Wildman–Crippen LogP) is 5.85. The average molecular weight is 728 g/mol. The molecule has 1 aliphatic heterocycles. The molecule has 0 radical (unpaired) electrons. The van der Waals surface area contributed by atoms with Gasteiger partial charge in [0, 0.05) is 0 Å². The number of nitrogens with one attached hydrogen (secondary N) is 1. The van der Waals surface area contributed by atoms with Gasteiger partial charge < -0.3 is 19.9 Å². The van der Waals surface area contributed by atoms with E-state index in [1.165, 1.54) is 32.9 Å². The number of halogens is 4. The molecule has 1 fully saturated rings. The van der Waals surface area contributed by atoms with Crippen molar-refractivity contribution in [1.29, 1.82) is 0 Å². The molecule has 4 rings (SSSR count). The maximum absolute atomic E-state index is 13.3. The van der Waals surface area contributed by atoms with E-state index in [1.807, 2.05) is 30.3 Å². The fourth-order valence-corrected chi connectivity index (χ4v) is 7.77. The predicted molar refractivity (Wildman–Crippen MR) is 162 cm³/mol. The van der Waals surface area contributed by atoms with E-state index in [1.54, 1.807) is 24.3 Å². The number of thiazole rings is 1. The molecule has 1 saturated heterocycles. The first-order valence-electron chi connectivity index (χ1n) is 11.3. The summed E-state index contributed by atoms with van der Waals surface area (Å²) in [5, 5.41) is 12.2. The number of β-lactam (4-membered cyclic amide) rings is 1. The molecule has 2 unspecified atom stereocenters. The van der Waals surface area contributed by atoms with Gasteiger partial charge in [0.15, 0.2) is 16.6 Å². The average Bonchev–Trinajstić information content (AvgIpc) is 3.36. The zero-order valence-corrected chi connectivity index (χ0v) is 26.4. The maximum Gasteiger partial charge on any atom is 0.358 e. The summed E-state index contributed by atoms with van der Waals surface area (Å²) in [5.41, 5.74) is 0.373. The maximum atomic E-state index is 13.3. The lowest BCUT2D eigenvalue weighted by molar-refractivity contribution is -0.153. The van der Waals surface area contributed by atoms with Gasteiger partial charge in [-0.25, -0.2) is 9.78 Å². The summed E-state index contributed by atoms with van der Waals surface area (Å²) in [5.74, 6) is -2.27. The van der Waals surface area contributed by atoms with Crippen LogP contribution in [0.1, 0.15) is 0 Å². The molecule has 3 aromatic rings. The van der Waals surface area contributed by atoms with Crippen molar-refractivity contribution in [2.75, 3.05) is 18.5 Å². The van der Waals surface area contributed by atoms with Crippen LogP contribution in [0.2, 0.25) is 0 Å². The number of esters is 1. The highest BCUT2D eigenvalue weighted by atomic mass is 79.9. The monoisotopic (exact) mass is 725 g/mol. The molecule has 212 valence electrons. The molecule has 16 heteroatoms. The third kappa shape index (κ3) is 7.90. The van der Waals surface area contributed by atoms with Crippen LogP contribution >= 0.6 is 83.7 Å². The van der Waals surface area contributed by atoms with Gasteiger partial charge in [-0.05, 0) is 35.1 Å². The molecule has 2 heterocycles. The van der Waals surface area contributed by atoms with E-state index in [-0.39, 0.29) is 11.9 Å². The lowest BCUT2D eigenvalue weighted by Gasteiger charge is -2.46. The summed E-state index contributed by atoms with van der Waals surface area (Å²) in [6.07, 6.45) is 0. The van der Waals surface area contributed by atoms with Crippen molar-refractivity contribution in [2.24, 2.45) is 0 Å². The number of benzene rings is 2. The van der Waals surface area contributed by atoms with Crippen molar-refractivity contribution in [3.8, 4) is 5.75 Å². The van der Waals surface area contributed by atoms with Crippen molar-refractivity contribution in [3.05, 3.63) is 66.1 Å². The summed E-state index contributed by atoms with van der Waals surface area (Å²) >= 11 is 21.6. The van der Waals surface area contributed by atoms with Gasteiger partial charge in [0.25, 0.3) is 11.8 Å². The van der Waals surface area contributed by atoms with Gasteiger partial charge in [0.05, 0.1) is 15.5 Å². The van der Waals surface area contributed by atoms with Crippen LogP contribution in [0.15, 0.2) is 70.4 Å². The zero-order chi connectivity index (χ0) is 28.9. The smallest absolute Gasteiger partial charge is 0.358 e. The normalized spacial score (nSPS) is 17.7. The van der Waals surface area contributed by atoms with Crippen molar-refractivity contribution in [2.45, 2.75) is 19.5 Å². The fourth-order valence-electron chi connectivity index (χ4n) is 3.43. The number of aliphatic hydroxyl groups excluding tert-OH is 1. The zero-order valence-electron chi connectivity index (χ0n) is 20.1. The number of para-hydroxylation sites is 2. The summed E-state index contributed by atoms with van der Waals surface area (Å²) < 4.78 is 10.3. The fraction of sp³-hybridized carbons (Fsp3) is 0.250. The Morgan fingerprint density at radius 3 is 2.52 bits per heavy atom. The van der Waals surface area contributed by atoms with Gasteiger partial charge in [-0.2, -0.15) is 0 Å². The lowest BCUT2D eigenvalue weighted by Crippen LogP contribution is -2.69. The largest absolute Gasteiger partial charge is 0.509 e. The molecular weight excluding hydrogens is 709 g/mol. The minimum absolute atomic E-state index is 0.167. The molecule has 0 spiro atoms. The van der Waals surface area contributed by atoms with E-state index < -0.39 is 51.1 Å². The molecule has 0 aliphatic carbocycles. The number of hydrogen-bond donors (Lipinski definition) is 2. The van der Waals surface area contributed by atoms with E-state index in [0.717, 1.165) is 15.1 Å². The van der Waals surface area contributed by atoms with Crippen molar-refractivity contribution >= 4 is 112 Å². The Bertz CT molecular complexity index is 1390. The number of nitrogens with zero attached hydrogens (tertiary/aromatic N) is 2. The molecule has 2 N–H and O–H groups in total. The summed E-state index contributed by atoms with van der Waals surface area (Å²) in [6.45, 7) is -0.955. The Hall–Kier alpha value is -1.87. The first-order valence-corrected chi connectivity index (χ1v) is 16.6. The molecule has 1 aromatic heterocycles. The molecule has 9 nitrogen and oxygen atoms in total. The second kappa shape index (κ2) is 13.9. The Balaban J connectivity index is 1.54. The van der Waals surface area contributed by atoms with Crippen molar-refractivity contribution in [1.82, 2.24) is 15.2 Å². The van der Waals surface area contributed by atoms with Crippen LogP contribution in [0.4, 0.5) is 0 Å². The molecule has 0 saturated carbocycles. The van der Waals surface area contributed by atoms with E-state index in [4.69, 9.17) is 44.3 Å². The number of allylic oxidation sites excluding steroid dienone is 1. The minimum Gasteiger partial charge on any atom is -0.509 e. The molecule has 40 heavy (non-hydrogen) atoms. The summed E-state index contributed by atoms with van der Waals surface area (Å²) in [4.78, 5) is 44.5. The number of hydrogen-bond acceptors (Lipinski definition) is 10. The topological polar surface area (TPSA) is 118 Å². The molecule has 2 amide bonds. The number of fused-ring (bicyclic) bond motifs is 1. The Kier molecular flexibility index (Phi) is 10.8. The SMILES string of the molecule is O=C(COc1ccccc1)NC1C(=O)N(/C(C(=O)OCC(Cl)(Cl)Cl)=C(\O)CBr)C1SSc1nc2ccccc2s1. The number of aromatic nitrogens is 1. The van der Waals surface area contributed by atoms with Crippen LogP contribution < -0.4 is 10.1 Å². The first kappa shape index (κ1) is 31.1. The van der Waals surface area contributed by atoms with Gasteiger partial charge in [0.2, 0.25) is 3.79 Å². The molecule has 2 aromatic carbocycles. The van der Waals surface area contributed by atoms with Crippen molar-refractivity contribution in [3.63, 3.8) is 0 Å². The van der Waals surface area contributed by atoms with Crippen LogP contribution in [-0.2, 0) is 19.1 Å². The Labute approximate surface area is 264 Å². The van der Waals surface area contributed by atoms with E-state index in [9.17, 15) is 19.5 Å². The van der Waals surface area contributed by atoms with E-state index in [0.29, 0.717) is 10.1 Å². The van der Waals surface area contributed by atoms with Crippen LogP contribution in [-0.4, -0.2) is 66.5 Å². The number of ether oxygens (including phenoxy) is 2. The minimum atomic E-state index is -1.91. The Morgan fingerprint density at radius 2 is 1.85 bits per heavy atom. The molecular formula is C24H19BrCl3N3O6S3. The lowest BCUT2D eigenvalue weighted by atomic mass is 10.1. The van der Waals surface area contributed by atoms with Gasteiger partial charge >= 0.3 is 5.97 Å². The molecule has 1 aliphatic rings. The van der Waals surface area contributed by atoms with Crippen LogP contribution in [0.3, 0.4) is 0 Å². The van der Waals surface area contributed by atoms with Crippen LogP contribution in [0, 0.1) is 0 Å². The first-order chi connectivity index (χ1) is 19.1. The number of carbonyl (C=O) groups excluding carboxylic acids is 3. The van der Waals surface area contributed by atoms with Crippen molar-refractivity contribution < 1.29 is 29.0 Å². The third-order valence-corrected chi connectivity index (χ3v) is 10.0. The van der Waals surface area contributed by atoms with Gasteiger partial charge in [0.1, 0.15) is 29.5 Å². The van der Waals surface area contributed by atoms with Gasteiger partial charge in [-0.3, -0.25) is 14.5 Å². The highest BCUT2D eigenvalue weighted by molar-refractivity contribution is 9.09. The van der Waals surface area contributed by atoms with Gasteiger partial charge in [-0.1, -0.05) is 91.9 Å². The number of alkyl halides is 4. The highest BCUT2D eigenvalue weighted by Crippen LogP contribution is 2.46. The van der Waals surface area contributed by atoms with Crippen LogP contribution in [0.5, 0.6) is 5.75 Å². The van der Waals surface area contributed by atoms with E-state index in [2.05, 4.69) is 26.2 Å².